The van der Waals surface area contributed by atoms with Crippen molar-refractivity contribution in [2.24, 2.45) is 22.7 Å². The molecule has 0 saturated heterocycles. The van der Waals surface area contributed by atoms with E-state index in [1.165, 1.54) is 24.2 Å². The molecule has 93 heavy (non-hydrogen) atoms. The van der Waals surface area contributed by atoms with E-state index in [4.69, 9.17) is 4.52 Å². The molecule has 2 N–H and O–H groups in total. The summed E-state index contributed by atoms with van der Waals surface area (Å²) in [4.78, 5) is 19.8. The maximum Gasteiger partial charge on any atom is 0.229 e. The predicted octanol–water partition coefficient (Wildman–Crippen LogP) is 25.0. The number of oxazole rings is 1. The fourth-order valence-electron chi connectivity index (χ4n) is 4.00. The molecule has 0 bridgehead atoms. The van der Waals surface area contributed by atoms with Gasteiger partial charge in [0.05, 0.1) is 35.6 Å². The van der Waals surface area contributed by atoms with E-state index in [9.17, 15) is 0 Å². The highest BCUT2D eigenvalue weighted by Gasteiger charge is 2.18. The van der Waals surface area contributed by atoms with E-state index in [0.29, 0.717) is 46.3 Å². The van der Waals surface area contributed by atoms with Crippen LogP contribution in [0.3, 0.4) is 0 Å². The SMILES string of the molecule is CC.CC.CC.CC.CC.CC(C)(C)C.CC(C)(C)C.CC(C)C.CC(C)C.CC(C)n1cccn1.Cc1n[nH]nc1C(C)C.Cc1nc(C(C)(C)C)n[nH]1.Cc1noc(C(C)C)n1.Cc1nsc(C(C)C)n1.c1ccoc1.c1ccsc1.c1cocn1.c1cscn1. The lowest BCUT2D eigenvalue weighted by molar-refractivity contribution is 0.362. The second-order valence-corrected chi connectivity index (χ2v) is 27.4. The number of furan rings is 1. The highest BCUT2D eigenvalue weighted by atomic mass is 32.1. The van der Waals surface area contributed by atoms with Crippen LogP contribution in [0.4, 0.5) is 0 Å². The number of H-pyrrole nitrogens is 2. The average Bonchev–Trinajstić information content (AvgIpc) is 1.88. The van der Waals surface area contributed by atoms with Crippen LogP contribution in [-0.4, -0.2) is 69.8 Å². The Morgan fingerprint density at radius 1 is 0.495 bits per heavy atom. The highest BCUT2D eigenvalue weighted by molar-refractivity contribution is 7.07. The van der Waals surface area contributed by atoms with Crippen molar-refractivity contribution in [1.82, 2.24) is 69.8 Å². The summed E-state index contributed by atoms with van der Waals surface area (Å²) < 4.78 is 19.9. The maximum absolute atomic E-state index is 4.86. The number of rotatable bonds is 4. The molecule has 0 radical (unpaired) electrons. The average molecular weight is 1360 g/mol. The van der Waals surface area contributed by atoms with Crippen LogP contribution in [0.2, 0.25) is 0 Å². The molecule has 540 valence electrons. The summed E-state index contributed by atoms with van der Waals surface area (Å²) in [6.07, 6.45) is 13.2. The maximum atomic E-state index is 4.86. The van der Waals surface area contributed by atoms with Crippen LogP contribution in [0.5, 0.6) is 0 Å². The van der Waals surface area contributed by atoms with Crippen LogP contribution in [0.15, 0.2) is 115 Å². The largest absolute Gasteiger partial charge is 0.473 e. The molecule has 9 aromatic rings. The van der Waals surface area contributed by atoms with Crippen molar-refractivity contribution in [2.75, 3.05) is 0 Å². The molecule has 0 aliphatic heterocycles. The van der Waals surface area contributed by atoms with Gasteiger partial charge >= 0.3 is 0 Å². The molecular weight excluding hydrogens is 1220 g/mol. The van der Waals surface area contributed by atoms with E-state index in [0.717, 1.165) is 45.7 Å². The molecule has 0 atom stereocenters. The Hall–Kier alpha value is -5.99. The minimum Gasteiger partial charge on any atom is -0.473 e. The number of aromatic amines is 2. The summed E-state index contributed by atoms with van der Waals surface area (Å²) in [5, 5.41) is 32.2. The molecule has 9 rings (SSSR count). The third kappa shape index (κ3) is 94.8. The molecule has 0 saturated carbocycles. The van der Waals surface area contributed by atoms with Crippen LogP contribution in [0.25, 0.3) is 0 Å². The van der Waals surface area contributed by atoms with Gasteiger partial charge in [-0.1, -0.05) is 246 Å². The zero-order valence-corrected chi connectivity index (χ0v) is 69.0. The smallest absolute Gasteiger partial charge is 0.229 e. The fraction of sp³-hybridized carbons (Fsp3) is 0.658. The Kier molecular flexibility index (Phi) is 81.7. The highest BCUT2D eigenvalue weighted by Crippen LogP contribution is 2.17. The van der Waals surface area contributed by atoms with Crippen LogP contribution < -0.4 is 0 Å². The van der Waals surface area contributed by atoms with E-state index < -0.39 is 0 Å². The molecule has 0 aliphatic carbocycles. The lowest BCUT2D eigenvalue weighted by Crippen LogP contribution is -2.13. The van der Waals surface area contributed by atoms with Gasteiger partial charge in [-0.2, -0.15) is 46.3 Å². The number of nitrogens with one attached hydrogen (secondary N) is 2. The lowest BCUT2D eigenvalue weighted by atomic mass is 9.96. The molecule has 20 heteroatoms. The molecule has 17 nitrogen and oxygen atoms in total. The summed E-state index contributed by atoms with van der Waals surface area (Å²) >= 11 is 4.81. The first-order chi connectivity index (χ1) is 43.4. The van der Waals surface area contributed by atoms with Gasteiger partial charge in [0.2, 0.25) is 5.89 Å². The first-order valence-electron chi connectivity index (χ1n) is 33.3. The summed E-state index contributed by atoms with van der Waals surface area (Å²) in [5.41, 5.74) is 4.92. The van der Waals surface area contributed by atoms with Crippen molar-refractivity contribution in [2.45, 2.75) is 299 Å². The molecule has 0 fully saturated rings. The van der Waals surface area contributed by atoms with Crippen LogP contribution in [0, 0.1) is 50.4 Å². The van der Waals surface area contributed by atoms with Gasteiger partial charge in [-0.05, 0) is 111 Å². The Labute approximate surface area is 583 Å². The molecular formula is C73H142N14O3S3. The van der Waals surface area contributed by atoms with Crippen LogP contribution in [0.1, 0.15) is 312 Å². The van der Waals surface area contributed by atoms with Crippen molar-refractivity contribution in [3.63, 3.8) is 0 Å². The van der Waals surface area contributed by atoms with Gasteiger partial charge in [0, 0.05) is 47.3 Å². The van der Waals surface area contributed by atoms with Gasteiger partial charge < -0.3 is 13.4 Å². The lowest BCUT2D eigenvalue weighted by Gasteiger charge is -2.11. The van der Waals surface area contributed by atoms with Crippen molar-refractivity contribution in [1.29, 1.82) is 0 Å². The summed E-state index contributed by atoms with van der Waals surface area (Å²) in [7, 11) is 0. The Morgan fingerprint density at radius 2 is 0.989 bits per heavy atom. The van der Waals surface area contributed by atoms with Crippen molar-refractivity contribution < 1.29 is 13.4 Å². The molecule has 0 aromatic carbocycles. The van der Waals surface area contributed by atoms with Crippen molar-refractivity contribution >= 4 is 34.2 Å². The Balaban J connectivity index is -0.000000117. The fourth-order valence-corrected chi connectivity index (χ4v) is 5.46. The topological polar surface area (TPSA) is 218 Å². The monoisotopic (exact) mass is 1360 g/mol. The summed E-state index contributed by atoms with van der Waals surface area (Å²) in [6, 6.07) is 10.1. The summed E-state index contributed by atoms with van der Waals surface area (Å²) in [5.74, 6) is 7.08. The molecule has 0 unspecified atom stereocenters. The van der Waals surface area contributed by atoms with Gasteiger partial charge in [-0.25, -0.2) is 15.0 Å². The molecule has 9 heterocycles. The second kappa shape index (κ2) is 71.9. The third-order valence-electron chi connectivity index (χ3n) is 7.25. The van der Waals surface area contributed by atoms with Crippen molar-refractivity contribution in [3.8, 4) is 0 Å². The number of thiazole rings is 1. The molecule has 9 aromatic heterocycles. The zero-order valence-electron chi connectivity index (χ0n) is 66.6. The van der Waals surface area contributed by atoms with E-state index in [1.54, 1.807) is 59.3 Å². The Morgan fingerprint density at radius 3 is 1.14 bits per heavy atom. The Bertz CT molecular complexity index is 2340. The first-order valence-corrected chi connectivity index (χ1v) is 36.0. The van der Waals surface area contributed by atoms with Gasteiger partial charge in [-0.3, -0.25) is 14.8 Å². The number of hydrogen-bond donors (Lipinski definition) is 2. The number of aryl methyl sites for hydroxylation is 4. The van der Waals surface area contributed by atoms with Gasteiger partial charge in [-0.15, -0.1) is 11.3 Å². The number of thiophene rings is 1. The van der Waals surface area contributed by atoms with Gasteiger partial charge in [0.1, 0.15) is 22.9 Å². The quantitative estimate of drug-likeness (QED) is 0.168. The standard InChI is InChI=1S/C7H13N3.C6H11N3.C6H10N2O.C6H10N2S.C6H10N2.2C5H12.C4H4O.C4H4S.2C4H10.C3H3NO.C3H3NS.5C2H6/c1-5-8-6(10-9-5)7(2,3)4;1-4(2)6-5(3)7-9-8-6;2*1-4(2)6-7-5(3)8-9-6;1-6(2)8-5-3-4-7-8;2*1-5(2,3)4;2*1-2-4-5-3-1;2*1-4(2)3;2*1-2-5-3-4-1;5*1-2/h1-4H3,(H,8,9,10);4H,1-3H3,(H,7,8,9);2*4H,1-3H3;3-6H,1-2H3;2*1-4H3;2*1-4H;2*4H,1-3H3;2*1-3H;5*1-2H3. The van der Waals surface area contributed by atoms with Crippen LogP contribution in [-0.2, 0) is 5.41 Å². The van der Waals surface area contributed by atoms with Gasteiger partial charge in [0.25, 0.3) is 0 Å². The first kappa shape index (κ1) is 106. The van der Waals surface area contributed by atoms with E-state index in [2.05, 4.69) is 233 Å². The molecule has 0 amide bonds. The van der Waals surface area contributed by atoms with E-state index >= 15 is 0 Å². The van der Waals surface area contributed by atoms with Crippen LogP contribution >= 0.6 is 34.2 Å². The minimum absolute atomic E-state index is 0.0603. The normalized spacial score (nSPS) is 9.39. The zero-order chi connectivity index (χ0) is 74.6. The molecule has 0 spiro atoms. The minimum atomic E-state index is 0.0603. The molecule has 0 aliphatic rings. The number of nitrogens with zero attached hydrogens (tertiary/aromatic N) is 12. The van der Waals surface area contributed by atoms with E-state index in [-0.39, 0.29) is 5.41 Å². The summed E-state index contributed by atoms with van der Waals surface area (Å²) in [6.45, 7) is 81.1. The number of aromatic nitrogens is 14. The van der Waals surface area contributed by atoms with Crippen molar-refractivity contribution in [3.05, 3.63) is 148 Å². The predicted molar refractivity (Wildman–Crippen MR) is 409 cm³/mol. The third-order valence-corrected chi connectivity index (χ3v) is 9.50. The van der Waals surface area contributed by atoms with Gasteiger partial charge in [0.15, 0.2) is 18.0 Å². The number of hydrogen-bond acceptors (Lipinski definition) is 17. The second-order valence-electron chi connectivity index (χ2n) is 25.1. The van der Waals surface area contributed by atoms with E-state index in [1.807, 2.05) is 168 Å².